The zero-order valence-corrected chi connectivity index (χ0v) is 23.1. The van der Waals surface area contributed by atoms with Gasteiger partial charge in [0.2, 0.25) is 11.8 Å². The number of hydrogen-bond donors (Lipinski definition) is 1. The van der Waals surface area contributed by atoms with Crippen LogP contribution in [0.5, 0.6) is 5.75 Å². The number of nitrogens with zero attached hydrogens (tertiary/aromatic N) is 2. The number of hydrogen-bond acceptors (Lipinski definition) is 5. The van der Waals surface area contributed by atoms with Crippen LogP contribution in [-0.2, 0) is 26.2 Å². The first-order chi connectivity index (χ1) is 18.0. The molecule has 0 radical (unpaired) electrons. The second-order valence-corrected chi connectivity index (χ2v) is 10.9. The monoisotopic (exact) mass is 581 g/mol. The van der Waals surface area contributed by atoms with E-state index in [-0.39, 0.29) is 22.2 Å². The summed E-state index contributed by atoms with van der Waals surface area (Å²) in [6, 6.07) is 14.2. The van der Waals surface area contributed by atoms with Gasteiger partial charge in [-0.3, -0.25) is 13.9 Å². The summed E-state index contributed by atoms with van der Waals surface area (Å²) >= 11 is 12.1. The molecule has 202 valence electrons. The van der Waals surface area contributed by atoms with Crippen LogP contribution in [0.15, 0.2) is 71.6 Å². The summed E-state index contributed by atoms with van der Waals surface area (Å²) in [6.45, 7) is 0.807. The number of methoxy groups -OCH3 is 1. The zero-order chi connectivity index (χ0) is 28.0. The second-order valence-electron chi connectivity index (χ2n) is 8.22. The third kappa shape index (κ3) is 6.75. The van der Waals surface area contributed by atoms with E-state index < -0.39 is 40.2 Å². The van der Waals surface area contributed by atoms with Gasteiger partial charge in [0.1, 0.15) is 24.2 Å². The van der Waals surface area contributed by atoms with Gasteiger partial charge in [-0.1, -0.05) is 29.3 Å². The van der Waals surface area contributed by atoms with Crippen LogP contribution in [0.4, 0.5) is 10.1 Å². The molecule has 0 bridgehead atoms. The number of carbonyl (C=O) groups excluding carboxylic acids is 2. The fourth-order valence-electron chi connectivity index (χ4n) is 3.64. The number of benzene rings is 3. The van der Waals surface area contributed by atoms with Gasteiger partial charge in [-0.15, -0.1) is 0 Å². The summed E-state index contributed by atoms with van der Waals surface area (Å²) in [7, 11) is -1.41. The summed E-state index contributed by atoms with van der Waals surface area (Å²) in [4.78, 5) is 27.3. The smallest absolute Gasteiger partial charge is 0.264 e. The van der Waals surface area contributed by atoms with E-state index in [1.807, 2.05) is 0 Å². The van der Waals surface area contributed by atoms with Gasteiger partial charge in [0.25, 0.3) is 10.0 Å². The molecule has 1 atom stereocenters. The SMILES string of the molecule is CNC(=O)C(C)N(Cc1ccc(Cl)c(Cl)c1)C(=O)CN(c1ccc(F)cc1)S(=O)(=O)c1ccc(OC)cc1. The van der Waals surface area contributed by atoms with E-state index in [1.54, 1.807) is 18.2 Å². The van der Waals surface area contributed by atoms with E-state index in [4.69, 9.17) is 27.9 Å². The third-order valence-electron chi connectivity index (χ3n) is 5.79. The minimum absolute atomic E-state index is 0.0514. The van der Waals surface area contributed by atoms with Crippen molar-refractivity contribution in [1.29, 1.82) is 0 Å². The molecule has 0 spiro atoms. The number of amides is 2. The van der Waals surface area contributed by atoms with Gasteiger partial charge < -0.3 is 15.0 Å². The number of ether oxygens (including phenoxy) is 1. The van der Waals surface area contributed by atoms with Crippen LogP contribution in [0.25, 0.3) is 0 Å². The van der Waals surface area contributed by atoms with Crippen LogP contribution in [0.3, 0.4) is 0 Å². The summed E-state index contributed by atoms with van der Waals surface area (Å²) in [5, 5.41) is 3.08. The number of halogens is 3. The summed E-state index contributed by atoms with van der Waals surface area (Å²) in [6.07, 6.45) is 0. The lowest BCUT2D eigenvalue weighted by Gasteiger charge is -2.31. The molecule has 0 saturated carbocycles. The minimum atomic E-state index is -4.29. The summed E-state index contributed by atoms with van der Waals surface area (Å²) < 4.78 is 47.0. The van der Waals surface area contributed by atoms with Crippen molar-refractivity contribution >= 4 is 50.7 Å². The van der Waals surface area contributed by atoms with Crippen LogP contribution in [-0.4, -0.2) is 51.9 Å². The van der Waals surface area contributed by atoms with E-state index in [0.717, 1.165) is 16.4 Å². The average molecular weight is 582 g/mol. The molecule has 0 aliphatic rings. The van der Waals surface area contributed by atoms with Crippen molar-refractivity contribution in [2.24, 2.45) is 0 Å². The molecule has 0 fully saturated rings. The normalized spacial score (nSPS) is 11.9. The van der Waals surface area contributed by atoms with E-state index in [1.165, 1.54) is 62.4 Å². The molecule has 0 saturated heterocycles. The summed E-state index contributed by atoms with van der Waals surface area (Å²) in [5.41, 5.74) is 0.646. The number of carbonyl (C=O) groups is 2. The van der Waals surface area contributed by atoms with Crippen molar-refractivity contribution in [2.75, 3.05) is 25.0 Å². The Balaban J connectivity index is 2.03. The highest BCUT2D eigenvalue weighted by molar-refractivity contribution is 7.92. The molecule has 2 amide bonds. The van der Waals surface area contributed by atoms with Gasteiger partial charge in [0.05, 0.1) is 27.7 Å². The predicted octanol–water partition coefficient (Wildman–Crippen LogP) is 4.50. The van der Waals surface area contributed by atoms with E-state index in [2.05, 4.69) is 5.32 Å². The molecular formula is C26H26Cl2FN3O5S. The lowest BCUT2D eigenvalue weighted by molar-refractivity contribution is -0.139. The zero-order valence-electron chi connectivity index (χ0n) is 20.8. The second kappa shape index (κ2) is 12.5. The van der Waals surface area contributed by atoms with Gasteiger partial charge in [-0.25, -0.2) is 12.8 Å². The first-order valence-corrected chi connectivity index (χ1v) is 13.5. The molecule has 0 aromatic heterocycles. The molecule has 0 aliphatic heterocycles. The van der Waals surface area contributed by atoms with Crippen molar-refractivity contribution in [3.8, 4) is 5.75 Å². The molecule has 3 rings (SSSR count). The van der Waals surface area contributed by atoms with Crippen molar-refractivity contribution in [3.05, 3.63) is 88.2 Å². The average Bonchev–Trinajstić information content (AvgIpc) is 2.91. The van der Waals surface area contributed by atoms with Crippen LogP contribution < -0.4 is 14.4 Å². The van der Waals surface area contributed by atoms with E-state index >= 15 is 0 Å². The Morgan fingerprint density at radius 3 is 2.18 bits per heavy atom. The predicted molar refractivity (Wildman–Crippen MR) is 144 cm³/mol. The maximum absolute atomic E-state index is 13.7. The molecule has 3 aromatic rings. The molecule has 1 unspecified atom stereocenters. The standard InChI is InChI=1S/C26H26Cl2FN3O5S/c1-17(26(34)30-2)31(15-18-4-13-23(27)24(28)14-18)25(33)16-32(20-7-5-19(29)6-8-20)38(35,36)22-11-9-21(37-3)10-12-22/h4-14,17H,15-16H2,1-3H3,(H,30,34). The highest BCUT2D eigenvalue weighted by atomic mass is 35.5. The first-order valence-electron chi connectivity index (χ1n) is 11.3. The van der Waals surface area contributed by atoms with Gasteiger partial charge >= 0.3 is 0 Å². The Bertz CT molecular complexity index is 1400. The lowest BCUT2D eigenvalue weighted by Crippen LogP contribution is -2.50. The number of nitrogens with one attached hydrogen (secondary N) is 1. The Labute approximate surface area is 231 Å². The van der Waals surface area contributed by atoms with Crippen LogP contribution in [0.1, 0.15) is 12.5 Å². The van der Waals surface area contributed by atoms with Crippen molar-refractivity contribution in [3.63, 3.8) is 0 Å². The number of rotatable bonds is 10. The first kappa shape index (κ1) is 29.2. The van der Waals surface area contributed by atoms with Crippen LogP contribution in [0.2, 0.25) is 10.0 Å². The Morgan fingerprint density at radius 1 is 1.00 bits per heavy atom. The molecule has 8 nitrogen and oxygen atoms in total. The lowest BCUT2D eigenvalue weighted by atomic mass is 10.1. The van der Waals surface area contributed by atoms with Crippen molar-refractivity contribution < 1.29 is 27.1 Å². The molecule has 0 aliphatic carbocycles. The fourth-order valence-corrected chi connectivity index (χ4v) is 5.37. The molecular weight excluding hydrogens is 556 g/mol. The molecule has 1 N–H and O–H groups in total. The largest absolute Gasteiger partial charge is 0.497 e. The maximum atomic E-state index is 13.7. The number of likely N-dealkylation sites (N-methyl/N-ethyl adjacent to an activating group) is 1. The topological polar surface area (TPSA) is 96.0 Å². The molecule has 3 aromatic carbocycles. The Hall–Kier alpha value is -3.34. The molecule has 12 heteroatoms. The van der Waals surface area contributed by atoms with Gasteiger partial charge in [0, 0.05) is 13.6 Å². The van der Waals surface area contributed by atoms with E-state index in [9.17, 15) is 22.4 Å². The fraction of sp³-hybridized carbons (Fsp3) is 0.231. The van der Waals surface area contributed by atoms with Gasteiger partial charge in [-0.05, 0) is 73.2 Å². The van der Waals surface area contributed by atoms with Gasteiger partial charge in [-0.2, -0.15) is 0 Å². The third-order valence-corrected chi connectivity index (χ3v) is 8.32. The Morgan fingerprint density at radius 2 is 1.63 bits per heavy atom. The van der Waals surface area contributed by atoms with Crippen LogP contribution >= 0.6 is 23.2 Å². The van der Waals surface area contributed by atoms with Crippen molar-refractivity contribution in [1.82, 2.24) is 10.2 Å². The Kier molecular flexibility index (Phi) is 9.59. The molecule has 0 heterocycles. The highest BCUT2D eigenvalue weighted by Gasteiger charge is 2.32. The molecule has 38 heavy (non-hydrogen) atoms. The quantitative estimate of drug-likeness (QED) is 0.380. The van der Waals surface area contributed by atoms with Gasteiger partial charge in [0.15, 0.2) is 0 Å². The summed E-state index contributed by atoms with van der Waals surface area (Å²) in [5.74, 6) is -1.25. The number of sulfonamides is 1. The minimum Gasteiger partial charge on any atom is -0.497 e. The maximum Gasteiger partial charge on any atom is 0.264 e. The van der Waals surface area contributed by atoms with Crippen LogP contribution in [0, 0.1) is 5.82 Å². The highest BCUT2D eigenvalue weighted by Crippen LogP contribution is 2.27. The van der Waals surface area contributed by atoms with E-state index in [0.29, 0.717) is 16.3 Å². The van der Waals surface area contributed by atoms with Crippen molar-refractivity contribution in [2.45, 2.75) is 24.4 Å². The number of anilines is 1.